The molecule has 2 heterocycles. The summed E-state index contributed by atoms with van der Waals surface area (Å²) in [4.78, 5) is 16.4. The minimum atomic E-state index is -4.39. The lowest BCUT2D eigenvalue weighted by Crippen LogP contribution is -2.26. The first kappa shape index (κ1) is 22.5. The summed E-state index contributed by atoms with van der Waals surface area (Å²) in [5.74, 6) is -0.00308. The van der Waals surface area contributed by atoms with Crippen molar-refractivity contribution in [1.29, 1.82) is 0 Å². The maximum atomic E-state index is 12.4. The number of fused-ring (bicyclic) bond motifs is 1. The number of amides is 1. The summed E-state index contributed by atoms with van der Waals surface area (Å²) < 4.78 is 43.6. The number of halogens is 3. The summed E-state index contributed by atoms with van der Waals surface area (Å²) in [6, 6.07) is 6.71. The maximum Gasteiger partial charge on any atom is 0.422 e. The molecule has 31 heavy (non-hydrogen) atoms. The summed E-state index contributed by atoms with van der Waals surface area (Å²) in [6.07, 6.45) is -0.420. The number of aliphatic hydroxyl groups is 1. The average Bonchev–Trinajstić information content (AvgIpc) is 3.10. The van der Waals surface area contributed by atoms with Crippen LogP contribution in [0.2, 0.25) is 0 Å². The minimum absolute atomic E-state index is 0.00971. The van der Waals surface area contributed by atoms with Gasteiger partial charge in [0.25, 0.3) is 0 Å². The normalized spacial score (nSPS) is 11.6. The van der Waals surface area contributed by atoms with Gasteiger partial charge in [0.1, 0.15) is 5.75 Å². The molecule has 0 saturated heterocycles. The zero-order valence-corrected chi connectivity index (χ0v) is 16.9. The van der Waals surface area contributed by atoms with Crippen LogP contribution in [0.5, 0.6) is 5.75 Å². The fraction of sp³-hybridized carbons (Fsp3) is 0.381. The molecule has 1 aromatic carbocycles. The molecule has 2 N–H and O–H groups in total. The summed E-state index contributed by atoms with van der Waals surface area (Å²) in [7, 11) is 0. The van der Waals surface area contributed by atoms with Gasteiger partial charge in [-0.15, -0.1) is 0 Å². The monoisotopic (exact) mass is 436 g/mol. The Kier molecular flexibility index (Phi) is 7.11. The molecule has 166 valence electrons. The van der Waals surface area contributed by atoms with Crippen molar-refractivity contribution >= 4 is 16.8 Å². The molecule has 2 aromatic heterocycles. The van der Waals surface area contributed by atoms with E-state index in [0.29, 0.717) is 36.3 Å². The number of aryl methyl sites for hydroxylation is 1. The van der Waals surface area contributed by atoms with Crippen LogP contribution in [0, 0.1) is 6.92 Å². The highest BCUT2D eigenvalue weighted by Gasteiger charge is 2.28. The Bertz CT molecular complexity index is 1050. The molecule has 0 spiro atoms. The number of nitrogens with one attached hydrogen (secondary N) is 1. The third kappa shape index (κ3) is 6.42. The molecule has 0 bridgehead atoms. The van der Waals surface area contributed by atoms with Crippen LogP contribution in [0.1, 0.15) is 23.2 Å². The van der Waals surface area contributed by atoms with Crippen LogP contribution < -0.4 is 10.1 Å². The molecule has 0 aliphatic rings. The van der Waals surface area contributed by atoms with Crippen molar-refractivity contribution in [3.63, 3.8) is 0 Å². The molecule has 0 radical (unpaired) electrons. The van der Waals surface area contributed by atoms with Gasteiger partial charge in [-0.05, 0) is 36.6 Å². The fourth-order valence-corrected chi connectivity index (χ4v) is 3.11. The van der Waals surface area contributed by atoms with E-state index in [4.69, 9.17) is 9.84 Å². The van der Waals surface area contributed by atoms with E-state index < -0.39 is 12.8 Å². The third-order valence-electron chi connectivity index (χ3n) is 4.52. The Labute approximate surface area is 176 Å². The largest absolute Gasteiger partial charge is 0.484 e. The Morgan fingerprint density at radius 2 is 2.10 bits per heavy atom. The number of aromatic nitrogens is 3. The van der Waals surface area contributed by atoms with Crippen molar-refractivity contribution < 1.29 is 27.8 Å². The number of hydrogen-bond acceptors (Lipinski definition) is 5. The van der Waals surface area contributed by atoms with Crippen LogP contribution in [0.3, 0.4) is 0 Å². The van der Waals surface area contributed by atoms with Gasteiger partial charge in [-0.1, -0.05) is 12.1 Å². The quantitative estimate of drug-likeness (QED) is 0.504. The van der Waals surface area contributed by atoms with Crippen LogP contribution in [-0.4, -0.2) is 51.7 Å². The number of aliphatic hydroxyl groups excluding tert-OH is 1. The Balaban J connectivity index is 1.71. The summed E-state index contributed by atoms with van der Waals surface area (Å²) in [5, 5.41) is 16.8. The van der Waals surface area contributed by atoms with Crippen molar-refractivity contribution in [3.8, 4) is 5.75 Å². The number of benzene rings is 1. The number of hydrogen-bond donors (Lipinski definition) is 2. The zero-order chi connectivity index (χ0) is 22.4. The first-order chi connectivity index (χ1) is 14.7. The molecular formula is C21H23F3N4O3. The number of alkyl halides is 3. The first-order valence-electron chi connectivity index (χ1n) is 9.73. The number of rotatable bonds is 9. The van der Waals surface area contributed by atoms with Crippen molar-refractivity contribution in [2.75, 3.05) is 19.8 Å². The highest BCUT2D eigenvalue weighted by molar-refractivity contribution is 5.86. The van der Waals surface area contributed by atoms with Crippen molar-refractivity contribution in [1.82, 2.24) is 20.1 Å². The molecule has 0 atom stereocenters. The van der Waals surface area contributed by atoms with E-state index in [1.165, 1.54) is 6.07 Å². The average molecular weight is 436 g/mol. The molecule has 0 aliphatic heterocycles. The van der Waals surface area contributed by atoms with E-state index >= 15 is 0 Å². The standard InChI is InChI=1S/C21H23F3N4O3/c1-14-9-15(3-4-19(14)31-13-21(22,23)24)11-28-12-16-17(27-28)5-7-25-18(16)10-20(30)26-6-2-8-29/h3-5,7,9,12,29H,2,6,8,10-11,13H2,1H3,(H,26,30). The van der Waals surface area contributed by atoms with Gasteiger partial charge in [0.05, 0.1) is 24.2 Å². The van der Waals surface area contributed by atoms with Gasteiger partial charge in [0.2, 0.25) is 5.91 Å². The molecule has 10 heteroatoms. The highest BCUT2D eigenvalue weighted by atomic mass is 19.4. The van der Waals surface area contributed by atoms with Crippen molar-refractivity contribution in [2.45, 2.75) is 32.5 Å². The van der Waals surface area contributed by atoms with Gasteiger partial charge in [-0.25, -0.2) is 0 Å². The predicted octanol–water partition coefficient (Wildman–Crippen LogP) is 2.77. The van der Waals surface area contributed by atoms with Crippen LogP contribution in [0.4, 0.5) is 13.2 Å². The van der Waals surface area contributed by atoms with Gasteiger partial charge in [0, 0.05) is 30.9 Å². The Morgan fingerprint density at radius 3 is 2.81 bits per heavy atom. The van der Waals surface area contributed by atoms with E-state index in [0.717, 1.165) is 10.9 Å². The van der Waals surface area contributed by atoms with Crippen LogP contribution >= 0.6 is 0 Å². The number of carbonyl (C=O) groups is 1. The molecule has 0 saturated carbocycles. The first-order valence-corrected chi connectivity index (χ1v) is 9.73. The smallest absolute Gasteiger partial charge is 0.422 e. The van der Waals surface area contributed by atoms with Gasteiger partial charge < -0.3 is 15.2 Å². The van der Waals surface area contributed by atoms with E-state index in [-0.39, 0.29) is 24.7 Å². The van der Waals surface area contributed by atoms with Crippen LogP contribution in [-0.2, 0) is 17.8 Å². The van der Waals surface area contributed by atoms with E-state index in [2.05, 4.69) is 15.4 Å². The summed E-state index contributed by atoms with van der Waals surface area (Å²) >= 11 is 0. The van der Waals surface area contributed by atoms with Gasteiger partial charge >= 0.3 is 6.18 Å². The minimum Gasteiger partial charge on any atom is -0.484 e. The molecular weight excluding hydrogens is 413 g/mol. The highest BCUT2D eigenvalue weighted by Crippen LogP contribution is 2.24. The lowest BCUT2D eigenvalue weighted by Gasteiger charge is -2.12. The van der Waals surface area contributed by atoms with E-state index in [1.54, 1.807) is 42.2 Å². The molecule has 1 amide bonds. The lowest BCUT2D eigenvalue weighted by molar-refractivity contribution is -0.153. The van der Waals surface area contributed by atoms with Gasteiger partial charge in [-0.3, -0.25) is 14.5 Å². The molecule has 7 nitrogen and oxygen atoms in total. The van der Waals surface area contributed by atoms with Crippen molar-refractivity contribution in [2.24, 2.45) is 0 Å². The summed E-state index contributed by atoms with van der Waals surface area (Å²) in [6.45, 7) is 1.16. The van der Waals surface area contributed by atoms with Crippen molar-refractivity contribution in [3.05, 3.63) is 53.5 Å². The second-order valence-electron chi connectivity index (χ2n) is 7.12. The van der Waals surface area contributed by atoms with E-state index in [9.17, 15) is 18.0 Å². The predicted molar refractivity (Wildman–Crippen MR) is 108 cm³/mol. The molecule has 3 rings (SSSR count). The second kappa shape index (κ2) is 9.78. The maximum absolute atomic E-state index is 12.4. The molecule has 0 unspecified atom stereocenters. The zero-order valence-electron chi connectivity index (χ0n) is 16.9. The lowest BCUT2D eigenvalue weighted by atomic mass is 10.1. The summed E-state index contributed by atoms with van der Waals surface area (Å²) in [5.41, 5.74) is 2.73. The number of pyridine rings is 1. The van der Waals surface area contributed by atoms with Gasteiger partial charge in [0.15, 0.2) is 6.61 Å². The van der Waals surface area contributed by atoms with E-state index in [1.807, 2.05) is 0 Å². The SMILES string of the molecule is Cc1cc(Cn2cc3c(CC(=O)NCCCO)nccc3n2)ccc1OCC(F)(F)F. The second-order valence-corrected chi connectivity index (χ2v) is 7.12. The Morgan fingerprint density at radius 1 is 1.29 bits per heavy atom. The Hall–Kier alpha value is -3.14. The van der Waals surface area contributed by atoms with Crippen LogP contribution in [0.15, 0.2) is 36.7 Å². The third-order valence-corrected chi connectivity index (χ3v) is 4.52. The molecule has 0 fully saturated rings. The number of carbonyl (C=O) groups excluding carboxylic acids is 1. The molecule has 0 aliphatic carbocycles. The van der Waals surface area contributed by atoms with Crippen LogP contribution in [0.25, 0.3) is 10.9 Å². The fourth-order valence-electron chi connectivity index (χ4n) is 3.11. The molecule has 3 aromatic rings. The number of ether oxygens (including phenoxy) is 1. The number of nitrogens with zero attached hydrogens (tertiary/aromatic N) is 3. The topological polar surface area (TPSA) is 89.3 Å². The van der Waals surface area contributed by atoms with Gasteiger partial charge in [-0.2, -0.15) is 18.3 Å².